The number of fused-ring (bicyclic) bond motifs is 1. The molecular formula is C16H12N2O4. The lowest BCUT2D eigenvalue weighted by Gasteiger charge is -2.05. The summed E-state index contributed by atoms with van der Waals surface area (Å²) in [6.45, 7) is 1.75. The monoisotopic (exact) mass is 296 g/mol. The lowest BCUT2D eigenvalue weighted by Crippen LogP contribution is -2.12. The minimum Gasteiger partial charge on any atom is -0.478 e. The number of nitrogens with zero attached hydrogens (tertiary/aromatic N) is 1. The first kappa shape index (κ1) is 13.8. The molecule has 3 aromatic rings. The van der Waals surface area contributed by atoms with Gasteiger partial charge in [-0.15, -0.1) is 0 Å². The lowest BCUT2D eigenvalue weighted by molar-refractivity contribution is 0.0696. The smallest absolute Gasteiger partial charge is 0.335 e. The summed E-state index contributed by atoms with van der Waals surface area (Å²) >= 11 is 0. The van der Waals surface area contributed by atoms with Gasteiger partial charge < -0.3 is 14.8 Å². The Bertz CT molecular complexity index is 865. The molecule has 0 spiro atoms. The van der Waals surface area contributed by atoms with Crippen molar-refractivity contribution in [2.75, 3.05) is 5.32 Å². The van der Waals surface area contributed by atoms with Gasteiger partial charge in [0.25, 0.3) is 5.91 Å². The molecule has 0 aliphatic carbocycles. The van der Waals surface area contributed by atoms with Gasteiger partial charge in [0, 0.05) is 24.2 Å². The Kier molecular flexibility index (Phi) is 3.34. The van der Waals surface area contributed by atoms with Gasteiger partial charge in [-0.3, -0.25) is 4.79 Å². The molecule has 0 saturated heterocycles. The third-order valence-electron chi connectivity index (χ3n) is 3.15. The standard InChI is InChI=1S/C16H12N2O4/c1-9-17-13-7-6-12(8-14(13)22-9)18-15(19)10-2-4-11(5-3-10)16(20)21/h2-8H,1H3,(H,18,19)(H,20,21). The Labute approximate surface area is 125 Å². The molecule has 110 valence electrons. The van der Waals surface area contributed by atoms with Crippen LogP contribution in [-0.2, 0) is 0 Å². The summed E-state index contributed by atoms with van der Waals surface area (Å²) in [4.78, 5) is 27.1. The van der Waals surface area contributed by atoms with Gasteiger partial charge in [-0.2, -0.15) is 0 Å². The molecule has 0 atom stereocenters. The number of carbonyl (C=O) groups is 2. The minimum atomic E-state index is -1.03. The van der Waals surface area contributed by atoms with Crippen molar-refractivity contribution in [3.8, 4) is 0 Å². The van der Waals surface area contributed by atoms with Gasteiger partial charge in [-0.1, -0.05) is 0 Å². The molecule has 22 heavy (non-hydrogen) atoms. The summed E-state index contributed by atoms with van der Waals surface area (Å²) in [7, 11) is 0. The van der Waals surface area contributed by atoms with Crippen LogP contribution in [0.5, 0.6) is 0 Å². The fourth-order valence-corrected chi connectivity index (χ4v) is 2.09. The van der Waals surface area contributed by atoms with Gasteiger partial charge in [0.1, 0.15) is 5.52 Å². The predicted molar refractivity (Wildman–Crippen MR) is 80.1 cm³/mol. The van der Waals surface area contributed by atoms with Crippen molar-refractivity contribution in [1.29, 1.82) is 0 Å². The number of aryl methyl sites for hydroxylation is 1. The van der Waals surface area contributed by atoms with Crippen LogP contribution in [0.4, 0.5) is 5.69 Å². The Morgan fingerprint density at radius 1 is 1.09 bits per heavy atom. The lowest BCUT2D eigenvalue weighted by atomic mass is 10.1. The van der Waals surface area contributed by atoms with Crippen LogP contribution in [0, 0.1) is 6.92 Å². The molecule has 1 heterocycles. The maximum absolute atomic E-state index is 12.1. The first-order valence-electron chi connectivity index (χ1n) is 6.55. The van der Waals surface area contributed by atoms with Crippen LogP contribution < -0.4 is 5.32 Å². The van der Waals surface area contributed by atoms with Crippen LogP contribution in [0.2, 0.25) is 0 Å². The number of aromatic carboxylic acids is 1. The zero-order chi connectivity index (χ0) is 15.7. The molecule has 0 saturated carbocycles. The molecule has 0 fully saturated rings. The van der Waals surface area contributed by atoms with Crippen LogP contribution in [0.15, 0.2) is 46.9 Å². The average molecular weight is 296 g/mol. The molecule has 2 N–H and O–H groups in total. The molecule has 6 nitrogen and oxygen atoms in total. The number of anilines is 1. The van der Waals surface area contributed by atoms with Crippen molar-refractivity contribution < 1.29 is 19.1 Å². The summed E-state index contributed by atoms with van der Waals surface area (Å²) in [5.74, 6) is -0.798. The van der Waals surface area contributed by atoms with Gasteiger partial charge in [0.15, 0.2) is 11.5 Å². The molecular weight excluding hydrogens is 284 g/mol. The van der Waals surface area contributed by atoms with Crippen molar-refractivity contribution in [3.63, 3.8) is 0 Å². The number of carbonyl (C=O) groups excluding carboxylic acids is 1. The minimum absolute atomic E-state index is 0.134. The van der Waals surface area contributed by atoms with Crippen molar-refractivity contribution in [2.24, 2.45) is 0 Å². The number of hydrogen-bond acceptors (Lipinski definition) is 4. The first-order chi connectivity index (χ1) is 10.5. The van der Waals surface area contributed by atoms with Crippen LogP contribution >= 0.6 is 0 Å². The molecule has 0 radical (unpaired) electrons. The molecule has 1 amide bonds. The highest BCUT2D eigenvalue weighted by Crippen LogP contribution is 2.20. The fraction of sp³-hybridized carbons (Fsp3) is 0.0625. The highest BCUT2D eigenvalue weighted by Gasteiger charge is 2.09. The van der Waals surface area contributed by atoms with Gasteiger partial charge in [0.2, 0.25) is 0 Å². The van der Waals surface area contributed by atoms with E-state index in [1.54, 1.807) is 25.1 Å². The van der Waals surface area contributed by atoms with E-state index in [2.05, 4.69) is 10.3 Å². The quantitative estimate of drug-likeness (QED) is 0.774. The van der Waals surface area contributed by atoms with Crippen molar-refractivity contribution in [1.82, 2.24) is 4.98 Å². The highest BCUT2D eigenvalue weighted by molar-refractivity contribution is 6.05. The Balaban J connectivity index is 1.81. The van der Waals surface area contributed by atoms with Crippen LogP contribution in [0.1, 0.15) is 26.6 Å². The average Bonchev–Trinajstić information content (AvgIpc) is 2.86. The number of carboxylic acids is 1. The summed E-state index contributed by atoms with van der Waals surface area (Å²) in [5.41, 5.74) is 2.41. The van der Waals surface area contributed by atoms with Crippen molar-refractivity contribution >= 4 is 28.7 Å². The van der Waals surface area contributed by atoms with Crippen LogP contribution in [0.3, 0.4) is 0 Å². The number of nitrogens with one attached hydrogen (secondary N) is 1. The van der Waals surface area contributed by atoms with E-state index in [9.17, 15) is 9.59 Å². The number of rotatable bonds is 3. The summed E-state index contributed by atoms with van der Waals surface area (Å²) in [6.07, 6.45) is 0. The summed E-state index contributed by atoms with van der Waals surface area (Å²) in [5, 5.41) is 11.6. The van der Waals surface area contributed by atoms with E-state index >= 15 is 0 Å². The maximum atomic E-state index is 12.1. The number of hydrogen-bond donors (Lipinski definition) is 2. The Hall–Kier alpha value is -3.15. The van der Waals surface area contributed by atoms with Crippen LogP contribution in [-0.4, -0.2) is 22.0 Å². The summed E-state index contributed by atoms with van der Waals surface area (Å²) in [6, 6.07) is 10.9. The van der Waals surface area contributed by atoms with E-state index in [-0.39, 0.29) is 11.5 Å². The zero-order valence-corrected chi connectivity index (χ0v) is 11.7. The number of oxazole rings is 1. The van der Waals surface area contributed by atoms with Gasteiger partial charge in [-0.25, -0.2) is 9.78 Å². The van der Waals surface area contributed by atoms with E-state index in [0.717, 1.165) is 5.52 Å². The number of amides is 1. The Morgan fingerprint density at radius 2 is 1.77 bits per heavy atom. The van der Waals surface area contributed by atoms with Gasteiger partial charge in [0.05, 0.1) is 5.56 Å². The Morgan fingerprint density at radius 3 is 2.45 bits per heavy atom. The van der Waals surface area contributed by atoms with Gasteiger partial charge in [-0.05, 0) is 36.4 Å². The van der Waals surface area contributed by atoms with E-state index in [1.165, 1.54) is 24.3 Å². The second-order valence-electron chi connectivity index (χ2n) is 4.75. The number of benzene rings is 2. The van der Waals surface area contributed by atoms with Crippen molar-refractivity contribution in [2.45, 2.75) is 6.92 Å². The largest absolute Gasteiger partial charge is 0.478 e. The molecule has 2 aromatic carbocycles. The number of aromatic nitrogens is 1. The summed E-state index contributed by atoms with van der Waals surface area (Å²) < 4.78 is 5.41. The third-order valence-corrected chi connectivity index (χ3v) is 3.15. The molecule has 0 aliphatic rings. The SMILES string of the molecule is Cc1nc2ccc(NC(=O)c3ccc(C(=O)O)cc3)cc2o1. The van der Waals surface area contributed by atoms with Crippen LogP contribution in [0.25, 0.3) is 11.1 Å². The van der Waals surface area contributed by atoms with E-state index in [1.807, 2.05) is 0 Å². The molecule has 1 aromatic heterocycles. The topological polar surface area (TPSA) is 92.4 Å². The van der Waals surface area contributed by atoms with E-state index in [4.69, 9.17) is 9.52 Å². The third kappa shape index (κ3) is 2.67. The molecule has 0 aliphatic heterocycles. The zero-order valence-electron chi connectivity index (χ0n) is 11.7. The molecule has 6 heteroatoms. The normalized spacial score (nSPS) is 10.6. The first-order valence-corrected chi connectivity index (χ1v) is 6.55. The molecule has 0 unspecified atom stereocenters. The second-order valence-corrected chi connectivity index (χ2v) is 4.75. The highest BCUT2D eigenvalue weighted by atomic mass is 16.4. The van der Waals surface area contributed by atoms with E-state index < -0.39 is 5.97 Å². The fourth-order valence-electron chi connectivity index (χ4n) is 2.09. The van der Waals surface area contributed by atoms with E-state index in [0.29, 0.717) is 22.7 Å². The van der Waals surface area contributed by atoms with Crippen molar-refractivity contribution in [3.05, 3.63) is 59.5 Å². The maximum Gasteiger partial charge on any atom is 0.335 e. The number of carboxylic acid groups (broad SMARTS) is 1. The predicted octanol–water partition coefficient (Wildman–Crippen LogP) is 3.09. The van der Waals surface area contributed by atoms with Gasteiger partial charge >= 0.3 is 5.97 Å². The second kappa shape index (κ2) is 5.33. The molecule has 3 rings (SSSR count). The molecule has 0 bridgehead atoms.